The molecule has 1 aliphatic heterocycles. The van der Waals surface area contributed by atoms with Gasteiger partial charge in [0.05, 0.1) is 18.5 Å². The number of nitrogens with zero attached hydrogens (tertiary/aromatic N) is 1. The Morgan fingerprint density at radius 2 is 2.12 bits per heavy atom. The Bertz CT molecular complexity index is 330. The van der Waals surface area contributed by atoms with Crippen LogP contribution < -0.4 is 5.73 Å². The van der Waals surface area contributed by atoms with E-state index in [1.54, 1.807) is 4.31 Å². The smallest absolute Gasteiger partial charge is 0.216 e. The molecule has 2 N–H and O–H groups in total. The van der Waals surface area contributed by atoms with Crippen molar-refractivity contribution >= 4 is 10.0 Å². The molecule has 0 aliphatic carbocycles. The van der Waals surface area contributed by atoms with Crippen molar-refractivity contribution in [3.05, 3.63) is 0 Å². The van der Waals surface area contributed by atoms with Crippen LogP contribution in [0.4, 0.5) is 0 Å². The Labute approximate surface area is 104 Å². The van der Waals surface area contributed by atoms with Crippen LogP contribution in [0.2, 0.25) is 0 Å². The van der Waals surface area contributed by atoms with E-state index >= 15 is 0 Å². The summed E-state index contributed by atoms with van der Waals surface area (Å²) < 4.78 is 31.0. The molecule has 0 amide bonds. The molecule has 1 saturated heterocycles. The average Bonchev–Trinajstić information content (AvgIpc) is 2.15. The van der Waals surface area contributed by atoms with Gasteiger partial charge in [0.1, 0.15) is 0 Å². The molecule has 1 rings (SSSR count). The molecule has 0 spiro atoms. The number of nitrogens with two attached hydrogens (primary N) is 1. The number of ether oxygens (including phenoxy) is 1. The van der Waals surface area contributed by atoms with Gasteiger partial charge in [-0.1, -0.05) is 0 Å². The minimum Gasteiger partial charge on any atom is -0.378 e. The van der Waals surface area contributed by atoms with E-state index in [9.17, 15) is 8.42 Å². The van der Waals surface area contributed by atoms with Crippen LogP contribution in [0.3, 0.4) is 0 Å². The summed E-state index contributed by atoms with van der Waals surface area (Å²) in [5.74, 6) is 0.0603. The Morgan fingerprint density at radius 3 is 2.65 bits per heavy atom. The number of piperidine rings is 1. The van der Waals surface area contributed by atoms with Crippen molar-refractivity contribution in [3.63, 3.8) is 0 Å². The predicted molar refractivity (Wildman–Crippen MR) is 68.3 cm³/mol. The third kappa shape index (κ3) is 4.54. The second kappa shape index (κ2) is 6.13. The van der Waals surface area contributed by atoms with Crippen molar-refractivity contribution in [2.75, 3.05) is 18.9 Å². The molecule has 2 atom stereocenters. The molecule has 6 heteroatoms. The van der Waals surface area contributed by atoms with Crippen LogP contribution in [0.1, 0.15) is 33.6 Å². The molecule has 0 saturated carbocycles. The lowest BCUT2D eigenvalue weighted by Gasteiger charge is -2.35. The van der Waals surface area contributed by atoms with Gasteiger partial charge in [-0.3, -0.25) is 0 Å². The van der Waals surface area contributed by atoms with Crippen LogP contribution in [0.15, 0.2) is 0 Å². The fourth-order valence-electron chi connectivity index (χ4n) is 2.11. The maximum atomic E-state index is 12.1. The van der Waals surface area contributed by atoms with Gasteiger partial charge in [0.2, 0.25) is 10.0 Å². The van der Waals surface area contributed by atoms with E-state index in [-0.39, 0.29) is 30.5 Å². The largest absolute Gasteiger partial charge is 0.378 e. The minimum atomic E-state index is -3.20. The van der Waals surface area contributed by atoms with Gasteiger partial charge in [0.25, 0.3) is 0 Å². The first kappa shape index (κ1) is 14.9. The molecule has 102 valence electrons. The summed E-state index contributed by atoms with van der Waals surface area (Å²) in [4.78, 5) is 0. The Morgan fingerprint density at radius 1 is 1.47 bits per heavy atom. The highest BCUT2D eigenvalue weighted by atomic mass is 32.2. The average molecular weight is 264 g/mol. The zero-order valence-corrected chi connectivity index (χ0v) is 11.7. The fraction of sp³-hybridized carbons (Fsp3) is 1.00. The molecule has 5 nitrogen and oxygen atoms in total. The van der Waals surface area contributed by atoms with Gasteiger partial charge in [0.15, 0.2) is 0 Å². The molecule has 0 aromatic heterocycles. The lowest BCUT2D eigenvalue weighted by Crippen LogP contribution is -2.49. The van der Waals surface area contributed by atoms with Crippen LogP contribution in [-0.2, 0) is 14.8 Å². The van der Waals surface area contributed by atoms with Gasteiger partial charge in [-0.2, -0.15) is 4.31 Å². The maximum absolute atomic E-state index is 12.1. The summed E-state index contributed by atoms with van der Waals surface area (Å²) in [5.41, 5.74) is 5.82. The molecule has 0 unspecified atom stereocenters. The number of rotatable bonds is 5. The van der Waals surface area contributed by atoms with Gasteiger partial charge in [-0.05, 0) is 33.6 Å². The van der Waals surface area contributed by atoms with E-state index in [4.69, 9.17) is 10.5 Å². The molecule has 17 heavy (non-hydrogen) atoms. The van der Waals surface area contributed by atoms with E-state index in [1.165, 1.54) is 0 Å². The fourth-order valence-corrected chi connectivity index (χ4v) is 3.67. The van der Waals surface area contributed by atoms with Gasteiger partial charge >= 0.3 is 0 Å². The summed E-state index contributed by atoms with van der Waals surface area (Å²) in [7, 11) is -3.20. The van der Waals surface area contributed by atoms with E-state index in [0.717, 1.165) is 12.8 Å². The summed E-state index contributed by atoms with van der Waals surface area (Å²) >= 11 is 0. The van der Waals surface area contributed by atoms with Crippen molar-refractivity contribution in [3.8, 4) is 0 Å². The Hall–Kier alpha value is -0.170. The van der Waals surface area contributed by atoms with Crippen LogP contribution in [-0.4, -0.2) is 49.8 Å². The van der Waals surface area contributed by atoms with Gasteiger partial charge in [0, 0.05) is 18.6 Å². The van der Waals surface area contributed by atoms with Gasteiger partial charge < -0.3 is 10.5 Å². The zero-order chi connectivity index (χ0) is 13.1. The van der Waals surface area contributed by atoms with E-state index in [2.05, 4.69) is 0 Å². The van der Waals surface area contributed by atoms with Crippen LogP contribution in [0.5, 0.6) is 0 Å². The Kier molecular flexibility index (Phi) is 5.37. The van der Waals surface area contributed by atoms with Crippen molar-refractivity contribution in [1.29, 1.82) is 0 Å². The van der Waals surface area contributed by atoms with E-state index < -0.39 is 10.0 Å². The van der Waals surface area contributed by atoms with Crippen molar-refractivity contribution < 1.29 is 13.2 Å². The molecular formula is C11H24N2O3S. The Balaban J connectivity index is 2.52. The molecule has 0 aromatic rings. The summed E-state index contributed by atoms with van der Waals surface area (Å²) in [5, 5.41) is 0. The van der Waals surface area contributed by atoms with Crippen LogP contribution in [0.25, 0.3) is 0 Å². The molecule has 0 radical (unpaired) electrons. The lowest BCUT2D eigenvalue weighted by molar-refractivity contribution is 0.0902. The summed E-state index contributed by atoms with van der Waals surface area (Å²) in [6.45, 7) is 6.51. The lowest BCUT2D eigenvalue weighted by atomic mass is 10.0. The second-order valence-corrected chi connectivity index (χ2v) is 7.02. The predicted octanol–water partition coefficient (Wildman–Crippen LogP) is 0.553. The highest BCUT2D eigenvalue weighted by molar-refractivity contribution is 7.89. The topological polar surface area (TPSA) is 72.6 Å². The molecular weight excluding hydrogens is 240 g/mol. The quantitative estimate of drug-likeness (QED) is 0.787. The van der Waals surface area contributed by atoms with Crippen molar-refractivity contribution in [2.45, 2.75) is 51.8 Å². The molecule has 1 aliphatic rings. The van der Waals surface area contributed by atoms with Gasteiger partial charge in [-0.15, -0.1) is 0 Å². The molecule has 0 aromatic carbocycles. The van der Waals surface area contributed by atoms with E-state index in [0.29, 0.717) is 6.54 Å². The van der Waals surface area contributed by atoms with E-state index in [1.807, 2.05) is 20.8 Å². The van der Waals surface area contributed by atoms with Crippen molar-refractivity contribution in [1.82, 2.24) is 4.31 Å². The van der Waals surface area contributed by atoms with Gasteiger partial charge in [-0.25, -0.2) is 8.42 Å². The monoisotopic (exact) mass is 264 g/mol. The highest BCUT2D eigenvalue weighted by Crippen LogP contribution is 2.19. The molecule has 0 bridgehead atoms. The third-order valence-corrected chi connectivity index (χ3v) is 4.95. The maximum Gasteiger partial charge on any atom is 0.216 e. The first-order valence-corrected chi connectivity index (χ1v) is 7.80. The van der Waals surface area contributed by atoms with Crippen LogP contribution >= 0.6 is 0 Å². The zero-order valence-electron chi connectivity index (χ0n) is 10.9. The summed E-state index contributed by atoms with van der Waals surface area (Å²) in [6.07, 6.45) is 1.55. The second-order valence-electron chi connectivity index (χ2n) is 4.98. The standard InChI is InChI=1S/C11H24N2O3S/c1-9(2)16-6-7-17(14,15)13-5-4-11(12)8-10(13)3/h9-11H,4-8,12H2,1-3H3/t10-,11-/m1/s1. The summed E-state index contributed by atoms with van der Waals surface area (Å²) in [6, 6.07) is 0.131. The molecule has 1 fully saturated rings. The SMILES string of the molecule is CC(C)OCCS(=O)(=O)N1CC[C@@H](N)C[C@H]1C. The first-order chi connectivity index (χ1) is 7.83. The molecule has 1 heterocycles. The number of sulfonamides is 1. The van der Waals surface area contributed by atoms with Crippen molar-refractivity contribution in [2.24, 2.45) is 5.73 Å². The number of hydrogen-bond donors (Lipinski definition) is 1. The first-order valence-electron chi connectivity index (χ1n) is 6.19. The highest BCUT2D eigenvalue weighted by Gasteiger charge is 2.31. The minimum absolute atomic E-state index is 0.00259. The number of hydrogen-bond acceptors (Lipinski definition) is 4. The normalized spacial score (nSPS) is 27.6. The van der Waals surface area contributed by atoms with Crippen LogP contribution in [0, 0.1) is 0 Å². The third-order valence-electron chi connectivity index (χ3n) is 3.01.